The summed E-state index contributed by atoms with van der Waals surface area (Å²) < 4.78 is 25.1. The molecule has 2 N–H and O–H groups in total. The van der Waals surface area contributed by atoms with Crippen LogP contribution in [0.5, 0.6) is 23.0 Å². The highest BCUT2D eigenvalue weighted by Gasteiger charge is 2.20. The molecule has 0 radical (unpaired) electrons. The number of benzene rings is 8. The Balaban J connectivity index is 0.993. The van der Waals surface area contributed by atoms with E-state index in [9.17, 15) is 0 Å². The van der Waals surface area contributed by atoms with Crippen molar-refractivity contribution < 1.29 is 18.9 Å². The first-order valence-electron chi connectivity index (χ1n) is 26.9. The van der Waals surface area contributed by atoms with E-state index < -0.39 is 0 Å². The van der Waals surface area contributed by atoms with E-state index in [0.717, 1.165) is 135 Å². The van der Waals surface area contributed by atoms with Crippen LogP contribution >= 0.6 is 0 Å². The SMILES string of the molecule is C1=Cc2nc1c(-c1ccc(OCc3ccccc3)cc1)c1ccc([nH]1)c(-c1ccc(OCc3ccccc3)cc1)c1nc(c(-c3ccc(OCc4ccccc4)cc3)c3ccc([nH]3)c2-c2ccc(OCc3ccccc3)cc2)C=C1. The van der Waals surface area contributed by atoms with Crippen LogP contribution in [0.4, 0.5) is 0 Å². The molecule has 8 nitrogen and oxygen atoms in total. The Morgan fingerprint density at radius 3 is 0.662 bits per heavy atom. The molecule has 2 aliphatic heterocycles. The van der Waals surface area contributed by atoms with Crippen molar-refractivity contribution in [2.45, 2.75) is 26.4 Å². The minimum Gasteiger partial charge on any atom is -0.489 e. The summed E-state index contributed by atoms with van der Waals surface area (Å²) in [6.45, 7) is 1.87. The highest BCUT2D eigenvalue weighted by molar-refractivity contribution is 6.00. The van der Waals surface area contributed by atoms with Crippen LogP contribution in [-0.4, -0.2) is 19.9 Å². The van der Waals surface area contributed by atoms with Gasteiger partial charge in [0.05, 0.1) is 22.8 Å². The molecule has 5 heterocycles. The van der Waals surface area contributed by atoms with E-state index in [4.69, 9.17) is 28.9 Å². The van der Waals surface area contributed by atoms with Gasteiger partial charge in [0, 0.05) is 44.3 Å². The fourth-order valence-corrected chi connectivity index (χ4v) is 10.3. The summed E-state index contributed by atoms with van der Waals surface area (Å²) in [5.41, 5.74) is 18.9. The molecule has 13 rings (SSSR count). The minimum atomic E-state index is 0.468. The number of aromatic amines is 2. The fourth-order valence-electron chi connectivity index (χ4n) is 10.3. The lowest BCUT2D eigenvalue weighted by atomic mass is 10.0. The maximum Gasteiger partial charge on any atom is 0.119 e. The van der Waals surface area contributed by atoms with E-state index in [-0.39, 0.29) is 0 Å². The molecule has 0 aliphatic carbocycles. The molecule has 0 saturated carbocycles. The maximum absolute atomic E-state index is 6.29. The minimum absolute atomic E-state index is 0.468. The zero-order chi connectivity index (χ0) is 53.5. The molecule has 0 unspecified atom stereocenters. The lowest BCUT2D eigenvalue weighted by Crippen LogP contribution is -1.95. The second-order valence-electron chi connectivity index (χ2n) is 19.7. The van der Waals surface area contributed by atoms with Crippen LogP contribution in [0.3, 0.4) is 0 Å². The van der Waals surface area contributed by atoms with Gasteiger partial charge in [-0.15, -0.1) is 0 Å². The maximum atomic E-state index is 6.29. The molecule has 0 amide bonds. The monoisotopic (exact) mass is 1040 g/mol. The van der Waals surface area contributed by atoms with Crippen molar-refractivity contribution in [2.75, 3.05) is 0 Å². The first-order chi connectivity index (χ1) is 39.6. The number of fused-ring (bicyclic) bond motifs is 8. The summed E-state index contributed by atoms with van der Waals surface area (Å²) in [4.78, 5) is 18.9. The van der Waals surface area contributed by atoms with E-state index in [1.54, 1.807) is 0 Å². The number of hydrogen-bond acceptors (Lipinski definition) is 6. The smallest absolute Gasteiger partial charge is 0.119 e. The Morgan fingerprint density at radius 1 is 0.237 bits per heavy atom. The van der Waals surface area contributed by atoms with Gasteiger partial charge in [0.1, 0.15) is 49.4 Å². The summed E-state index contributed by atoms with van der Waals surface area (Å²) in [5.74, 6) is 3.10. The molecule has 8 heteroatoms. The molecule has 80 heavy (non-hydrogen) atoms. The normalized spacial score (nSPS) is 11.6. The van der Waals surface area contributed by atoms with Crippen LogP contribution in [0.15, 0.2) is 243 Å². The number of nitrogens with one attached hydrogen (secondary N) is 2. The van der Waals surface area contributed by atoms with Crippen molar-refractivity contribution in [3.63, 3.8) is 0 Å². The summed E-state index contributed by atoms with van der Waals surface area (Å²) in [6, 6.07) is 82.6. The van der Waals surface area contributed by atoms with Crippen LogP contribution in [0.25, 0.3) is 90.9 Å². The molecular formula is C72H54N4O4. The van der Waals surface area contributed by atoms with Crippen LogP contribution in [0, 0.1) is 0 Å². The van der Waals surface area contributed by atoms with E-state index in [1.807, 2.05) is 121 Å². The quantitative estimate of drug-likeness (QED) is 0.100. The standard InChI is InChI=1S/C72H54N4O4/c1-5-13-49(14-6-1)45-77-57-29-21-53(22-30-57)69-61-37-39-63(73-61)70(54-23-31-58(32-24-54)78-46-50-15-7-2-8-16-50)65-41-43-67(75-65)72(56-27-35-60(36-28-56)80-48-52-19-11-4-12-20-52)68-44-42-66(76-68)71(64-40-38-62(69)74-64)55-25-33-59(34-26-55)79-47-51-17-9-3-10-18-51/h1-44,73,76H,45-48H2. The number of H-pyrrole nitrogens is 2. The first kappa shape index (κ1) is 49.2. The number of ether oxygens (including phenoxy) is 4. The predicted octanol–water partition coefficient (Wildman–Crippen LogP) is 17.6. The van der Waals surface area contributed by atoms with Gasteiger partial charge in [-0.3, -0.25) is 0 Å². The fraction of sp³-hybridized carbons (Fsp3) is 0.0556. The molecular weight excluding hydrogens is 985 g/mol. The second kappa shape index (κ2) is 22.6. The molecule has 386 valence electrons. The Hall–Kier alpha value is -10.4. The topological polar surface area (TPSA) is 94.3 Å². The third-order valence-electron chi connectivity index (χ3n) is 14.3. The second-order valence-corrected chi connectivity index (χ2v) is 19.7. The van der Waals surface area contributed by atoms with Gasteiger partial charge >= 0.3 is 0 Å². The molecule has 0 atom stereocenters. The van der Waals surface area contributed by atoms with Crippen LogP contribution in [0.2, 0.25) is 0 Å². The summed E-state index contributed by atoms with van der Waals surface area (Å²) >= 11 is 0. The van der Waals surface area contributed by atoms with Crippen LogP contribution in [-0.2, 0) is 26.4 Å². The van der Waals surface area contributed by atoms with Gasteiger partial charge in [-0.05, 0) is 142 Å². The average Bonchev–Trinajstić information content (AvgIpc) is 4.40. The van der Waals surface area contributed by atoms with Crippen LogP contribution < -0.4 is 18.9 Å². The van der Waals surface area contributed by atoms with E-state index >= 15 is 0 Å². The van der Waals surface area contributed by atoms with E-state index in [1.165, 1.54) is 0 Å². The number of rotatable bonds is 16. The molecule has 3 aromatic heterocycles. The Labute approximate surface area is 464 Å². The molecule has 0 fully saturated rings. The molecule has 8 bridgehead atoms. The molecule has 11 aromatic rings. The summed E-state index contributed by atoms with van der Waals surface area (Å²) in [5, 5.41) is 0. The van der Waals surface area contributed by atoms with Crippen molar-refractivity contribution in [1.29, 1.82) is 0 Å². The van der Waals surface area contributed by atoms with Gasteiger partial charge in [0.25, 0.3) is 0 Å². The summed E-state index contributed by atoms with van der Waals surface area (Å²) in [6.07, 6.45) is 8.47. The summed E-state index contributed by atoms with van der Waals surface area (Å²) in [7, 11) is 0. The van der Waals surface area contributed by atoms with Gasteiger partial charge in [-0.2, -0.15) is 0 Å². The van der Waals surface area contributed by atoms with Gasteiger partial charge in [-0.1, -0.05) is 170 Å². The highest BCUT2D eigenvalue weighted by Crippen LogP contribution is 2.40. The van der Waals surface area contributed by atoms with Crippen molar-refractivity contribution in [2.24, 2.45) is 0 Å². The molecule has 0 saturated heterocycles. The molecule has 8 aromatic carbocycles. The Morgan fingerprint density at radius 2 is 0.450 bits per heavy atom. The van der Waals surface area contributed by atoms with Gasteiger partial charge in [0.2, 0.25) is 0 Å². The third kappa shape index (κ3) is 10.9. The highest BCUT2D eigenvalue weighted by atomic mass is 16.5. The lowest BCUT2D eigenvalue weighted by molar-refractivity contribution is 0.306. The number of nitrogens with zero attached hydrogens (tertiary/aromatic N) is 2. The third-order valence-corrected chi connectivity index (χ3v) is 14.3. The van der Waals surface area contributed by atoms with Gasteiger partial charge < -0.3 is 28.9 Å². The van der Waals surface area contributed by atoms with Gasteiger partial charge in [-0.25, -0.2) is 9.97 Å². The molecule has 0 spiro atoms. The predicted molar refractivity (Wildman–Crippen MR) is 324 cm³/mol. The lowest BCUT2D eigenvalue weighted by Gasteiger charge is -2.10. The van der Waals surface area contributed by atoms with Crippen molar-refractivity contribution in [1.82, 2.24) is 19.9 Å². The Kier molecular flexibility index (Phi) is 13.9. The number of hydrogen-bond donors (Lipinski definition) is 2. The van der Waals surface area contributed by atoms with Gasteiger partial charge in [0.15, 0.2) is 0 Å². The zero-order valence-corrected chi connectivity index (χ0v) is 43.8. The zero-order valence-electron chi connectivity index (χ0n) is 43.8. The first-order valence-corrected chi connectivity index (χ1v) is 26.9. The van der Waals surface area contributed by atoms with Crippen molar-refractivity contribution in [3.8, 4) is 67.5 Å². The molecule has 2 aliphatic rings. The van der Waals surface area contributed by atoms with E-state index in [0.29, 0.717) is 26.4 Å². The van der Waals surface area contributed by atoms with Crippen molar-refractivity contribution >= 4 is 46.4 Å². The van der Waals surface area contributed by atoms with Crippen molar-refractivity contribution in [3.05, 3.63) is 288 Å². The van der Waals surface area contributed by atoms with Crippen LogP contribution in [0.1, 0.15) is 45.0 Å². The average molecular weight is 1040 g/mol. The Bertz CT molecular complexity index is 3640. The number of aromatic nitrogens is 4. The van der Waals surface area contributed by atoms with E-state index in [2.05, 4.69) is 156 Å². The largest absolute Gasteiger partial charge is 0.489 e.